The molecule has 0 saturated heterocycles. The summed E-state index contributed by atoms with van der Waals surface area (Å²) in [6.45, 7) is 0. The molecule has 0 spiro atoms. The third kappa shape index (κ3) is 3.74. The van der Waals surface area contributed by atoms with E-state index in [9.17, 15) is 0 Å². The highest BCUT2D eigenvalue weighted by Gasteiger charge is 2.03. The van der Waals surface area contributed by atoms with Crippen molar-refractivity contribution in [3.05, 3.63) is 59.8 Å². The van der Waals surface area contributed by atoms with Crippen LogP contribution in [0.25, 0.3) is 10.9 Å². The standard InChI is InChI=1S/C15H10Cl2N2S.ClH/c16-10-1-6-13-14(7-8-18-15(13)9-10)19-11-2-4-12(20-17)5-3-11;/h1-9H,(H,18,19);1H. The Balaban J connectivity index is 0.00000161. The molecule has 1 heterocycles. The van der Waals surface area contributed by atoms with Crippen LogP contribution >= 0.6 is 45.7 Å². The van der Waals surface area contributed by atoms with Crippen LogP contribution in [0.4, 0.5) is 11.4 Å². The number of rotatable bonds is 3. The number of fused-ring (bicyclic) bond motifs is 1. The molecule has 6 heteroatoms. The Labute approximate surface area is 142 Å². The molecule has 1 aromatic heterocycles. The molecule has 0 aliphatic carbocycles. The van der Waals surface area contributed by atoms with E-state index >= 15 is 0 Å². The molecule has 0 radical (unpaired) electrons. The fourth-order valence-electron chi connectivity index (χ4n) is 1.98. The van der Waals surface area contributed by atoms with Crippen molar-refractivity contribution in [2.45, 2.75) is 4.90 Å². The number of nitrogens with one attached hydrogen (secondary N) is 1. The second-order valence-electron chi connectivity index (χ2n) is 4.25. The molecule has 3 aromatic rings. The minimum atomic E-state index is 0. The first kappa shape index (κ1) is 16.2. The normalized spacial score (nSPS) is 10.2. The maximum absolute atomic E-state index is 5.99. The van der Waals surface area contributed by atoms with E-state index in [1.54, 1.807) is 6.20 Å². The van der Waals surface area contributed by atoms with Gasteiger partial charge in [-0.25, -0.2) is 0 Å². The van der Waals surface area contributed by atoms with E-state index in [4.69, 9.17) is 22.3 Å². The lowest BCUT2D eigenvalue weighted by atomic mass is 10.2. The van der Waals surface area contributed by atoms with Gasteiger partial charge in [0.2, 0.25) is 0 Å². The van der Waals surface area contributed by atoms with Crippen LogP contribution in [-0.4, -0.2) is 4.98 Å². The molecule has 0 unspecified atom stereocenters. The molecule has 0 fully saturated rings. The highest BCUT2D eigenvalue weighted by molar-refractivity contribution is 8.21. The van der Waals surface area contributed by atoms with Crippen LogP contribution in [0, 0.1) is 0 Å². The Morgan fingerprint density at radius 1 is 1.00 bits per heavy atom. The van der Waals surface area contributed by atoms with Crippen LogP contribution in [-0.2, 0) is 0 Å². The quantitative estimate of drug-likeness (QED) is 0.595. The molecule has 0 amide bonds. The summed E-state index contributed by atoms with van der Waals surface area (Å²) >= 11 is 5.99. The second kappa shape index (κ2) is 7.23. The topological polar surface area (TPSA) is 24.9 Å². The predicted molar refractivity (Wildman–Crippen MR) is 95.4 cm³/mol. The van der Waals surface area contributed by atoms with Gasteiger partial charge in [-0.05, 0) is 70.2 Å². The molecule has 3 rings (SSSR count). The lowest BCUT2D eigenvalue weighted by Crippen LogP contribution is -1.92. The number of halogens is 3. The number of anilines is 2. The third-order valence-corrected chi connectivity index (χ3v) is 4.15. The van der Waals surface area contributed by atoms with E-state index in [-0.39, 0.29) is 12.4 Å². The van der Waals surface area contributed by atoms with Gasteiger partial charge in [-0.1, -0.05) is 11.6 Å². The maximum Gasteiger partial charge on any atom is 0.0737 e. The van der Waals surface area contributed by atoms with Crippen LogP contribution in [0.5, 0.6) is 0 Å². The van der Waals surface area contributed by atoms with Crippen molar-refractivity contribution in [2.24, 2.45) is 0 Å². The molecule has 0 saturated carbocycles. The Hall–Kier alpha value is -1.13. The molecule has 21 heavy (non-hydrogen) atoms. The Kier molecular flexibility index (Phi) is 5.59. The van der Waals surface area contributed by atoms with Gasteiger partial charge < -0.3 is 5.32 Å². The number of aromatic nitrogens is 1. The van der Waals surface area contributed by atoms with Crippen molar-refractivity contribution >= 4 is 67.9 Å². The number of hydrogen-bond acceptors (Lipinski definition) is 3. The molecule has 0 aliphatic rings. The van der Waals surface area contributed by atoms with Gasteiger partial charge in [-0.15, -0.1) is 12.4 Å². The van der Waals surface area contributed by atoms with Gasteiger partial charge in [-0.3, -0.25) is 4.98 Å². The van der Waals surface area contributed by atoms with Crippen LogP contribution in [0.1, 0.15) is 0 Å². The van der Waals surface area contributed by atoms with Gasteiger partial charge in [0.15, 0.2) is 0 Å². The SMILES string of the molecule is Cl.ClSc1ccc(Nc2ccnc3cc(Cl)ccc23)cc1. The van der Waals surface area contributed by atoms with Crippen molar-refractivity contribution < 1.29 is 0 Å². The summed E-state index contributed by atoms with van der Waals surface area (Å²) < 4.78 is 0. The molecular weight excluding hydrogens is 347 g/mol. The summed E-state index contributed by atoms with van der Waals surface area (Å²) in [5.74, 6) is 0. The Bertz CT molecular complexity index is 747. The highest BCUT2D eigenvalue weighted by atomic mass is 35.7. The molecular formula is C15H11Cl3N2S. The first-order valence-corrected chi connectivity index (χ1v) is 7.98. The Morgan fingerprint density at radius 3 is 2.48 bits per heavy atom. The largest absolute Gasteiger partial charge is 0.355 e. The number of pyridine rings is 1. The van der Waals surface area contributed by atoms with Gasteiger partial charge in [0.1, 0.15) is 0 Å². The summed E-state index contributed by atoms with van der Waals surface area (Å²) in [5, 5.41) is 5.10. The van der Waals surface area contributed by atoms with Gasteiger partial charge in [0, 0.05) is 32.9 Å². The smallest absolute Gasteiger partial charge is 0.0737 e. The summed E-state index contributed by atoms with van der Waals surface area (Å²) in [6.07, 6.45) is 1.77. The molecule has 108 valence electrons. The maximum atomic E-state index is 5.99. The summed E-state index contributed by atoms with van der Waals surface area (Å²) in [6, 6.07) is 15.6. The van der Waals surface area contributed by atoms with Gasteiger partial charge in [0.25, 0.3) is 0 Å². The molecule has 2 nitrogen and oxygen atoms in total. The van der Waals surface area contributed by atoms with E-state index in [0.717, 1.165) is 27.2 Å². The van der Waals surface area contributed by atoms with Crippen molar-refractivity contribution in [3.63, 3.8) is 0 Å². The molecule has 0 bridgehead atoms. The lowest BCUT2D eigenvalue weighted by molar-refractivity contribution is 1.40. The van der Waals surface area contributed by atoms with Crippen LogP contribution in [0.15, 0.2) is 59.6 Å². The van der Waals surface area contributed by atoms with Gasteiger partial charge in [-0.2, -0.15) is 0 Å². The first-order valence-electron chi connectivity index (χ1n) is 5.96. The zero-order chi connectivity index (χ0) is 13.9. The van der Waals surface area contributed by atoms with Crippen molar-refractivity contribution in [2.75, 3.05) is 5.32 Å². The fourth-order valence-corrected chi connectivity index (χ4v) is 2.69. The van der Waals surface area contributed by atoms with E-state index in [1.807, 2.05) is 48.5 Å². The fraction of sp³-hybridized carbons (Fsp3) is 0. The van der Waals surface area contributed by atoms with Gasteiger partial charge in [0.05, 0.1) is 5.52 Å². The van der Waals surface area contributed by atoms with Crippen molar-refractivity contribution in [3.8, 4) is 0 Å². The predicted octanol–water partition coefficient (Wildman–Crippen LogP) is 6.30. The van der Waals surface area contributed by atoms with Crippen molar-refractivity contribution in [1.29, 1.82) is 0 Å². The van der Waals surface area contributed by atoms with E-state index in [2.05, 4.69) is 10.3 Å². The minimum absolute atomic E-state index is 0. The number of benzene rings is 2. The van der Waals surface area contributed by atoms with Crippen LogP contribution in [0.2, 0.25) is 5.02 Å². The number of nitrogens with zero attached hydrogens (tertiary/aromatic N) is 1. The van der Waals surface area contributed by atoms with E-state index < -0.39 is 0 Å². The number of hydrogen-bond donors (Lipinski definition) is 1. The van der Waals surface area contributed by atoms with E-state index in [0.29, 0.717) is 5.02 Å². The third-order valence-electron chi connectivity index (χ3n) is 2.93. The van der Waals surface area contributed by atoms with Crippen molar-refractivity contribution in [1.82, 2.24) is 4.98 Å². The first-order chi connectivity index (χ1) is 9.76. The highest BCUT2D eigenvalue weighted by Crippen LogP contribution is 2.28. The monoisotopic (exact) mass is 356 g/mol. The zero-order valence-corrected chi connectivity index (χ0v) is 13.9. The van der Waals surface area contributed by atoms with E-state index in [1.165, 1.54) is 11.0 Å². The average Bonchev–Trinajstić information content (AvgIpc) is 2.48. The minimum Gasteiger partial charge on any atom is -0.355 e. The zero-order valence-electron chi connectivity index (χ0n) is 10.7. The molecule has 1 N–H and O–H groups in total. The average molecular weight is 358 g/mol. The molecule has 0 aliphatic heterocycles. The Morgan fingerprint density at radius 2 is 1.76 bits per heavy atom. The molecule has 0 atom stereocenters. The second-order valence-corrected chi connectivity index (χ2v) is 5.77. The van der Waals surface area contributed by atoms with Crippen LogP contribution < -0.4 is 5.32 Å². The van der Waals surface area contributed by atoms with Gasteiger partial charge >= 0.3 is 0 Å². The van der Waals surface area contributed by atoms with Crippen LogP contribution in [0.3, 0.4) is 0 Å². The summed E-state index contributed by atoms with van der Waals surface area (Å²) in [4.78, 5) is 5.34. The lowest BCUT2D eigenvalue weighted by Gasteiger charge is -2.10. The molecule has 2 aromatic carbocycles. The summed E-state index contributed by atoms with van der Waals surface area (Å²) in [7, 11) is 6.92. The summed E-state index contributed by atoms with van der Waals surface area (Å²) in [5.41, 5.74) is 2.87.